The molecule has 0 aromatic rings. The first-order valence-corrected chi connectivity index (χ1v) is 21.2. The van der Waals surface area contributed by atoms with Crippen molar-refractivity contribution >= 4 is 62.7 Å². The number of carbonyl (C=O) groups is 4. The van der Waals surface area contributed by atoms with Crippen molar-refractivity contribution in [3.63, 3.8) is 0 Å². The molecular formula is C28H50N4O15P2S2. The summed E-state index contributed by atoms with van der Waals surface area (Å²) >= 11 is 2.19. The number of nitrogens with zero attached hydrogens (tertiary/aromatic N) is 1. The molecule has 0 fully saturated rings. The summed E-state index contributed by atoms with van der Waals surface area (Å²) in [6.07, 6.45) is 2.76. The summed E-state index contributed by atoms with van der Waals surface area (Å²) in [6.45, 7) is 6.93. The number of nitroso groups, excluding NO2 is 1. The lowest BCUT2D eigenvalue weighted by atomic mass is 10.2. The van der Waals surface area contributed by atoms with Gasteiger partial charge in [0.15, 0.2) is 0 Å². The molecular weight excluding hydrogens is 758 g/mol. The molecule has 51 heavy (non-hydrogen) atoms. The second-order valence-electron chi connectivity index (χ2n) is 11.5. The van der Waals surface area contributed by atoms with E-state index in [1.807, 2.05) is 4.95 Å². The largest absolute Gasteiger partial charge is 0.487 e. The smallest absolute Gasteiger partial charge is 0.377 e. The van der Waals surface area contributed by atoms with Crippen molar-refractivity contribution in [1.29, 1.82) is 0 Å². The Balaban J connectivity index is 2.09. The van der Waals surface area contributed by atoms with Crippen molar-refractivity contribution in [3.8, 4) is 0 Å². The molecule has 1 aliphatic heterocycles. The van der Waals surface area contributed by atoms with Gasteiger partial charge in [-0.1, -0.05) is 12.8 Å². The Morgan fingerprint density at radius 2 is 1.22 bits per heavy atom. The van der Waals surface area contributed by atoms with Crippen LogP contribution in [-0.2, 0) is 56.1 Å². The molecule has 2 unspecified atom stereocenters. The lowest BCUT2D eigenvalue weighted by Crippen LogP contribution is -2.28. The van der Waals surface area contributed by atoms with E-state index in [1.165, 1.54) is 0 Å². The van der Waals surface area contributed by atoms with Gasteiger partial charge >= 0.3 is 15.6 Å². The number of unbranched alkanes of at least 4 members (excludes halogenated alkanes) is 3. The summed E-state index contributed by atoms with van der Waals surface area (Å²) in [4.78, 5) is 79.8. The van der Waals surface area contributed by atoms with E-state index in [4.69, 9.17) is 28.2 Å². The molecule has 5 N–H and O–H groups in total. The number of imide groups is 1. The van der Waals surface area contributed by atoms with E-state index >= 15 is 0 Å². The summed E-state index contributed by atoms with van der Waals surface area (Å²) in [7, 11) is -8.52. The van der Waals surface area contributed by atoms with Crippen LogP contribution in [0.5, 0.6) is 0 Å². The molecule has 0 saturated carbocycles. The summed E-state index contributed by atoms with van der Waals surface area (Å²) < 4.78 is 53.0. The quantitative estimate of drug-likeness (QED) is 0.0292. The predicted octanol–water partition coefficient (Wildman–Crippen LogP) is 2.76. The van der Waals surface area contributed by atoms with Crippen LogP contribution >= 0.6 is 39.1 Å². The van der Waals surface area contributed by atoms with Gasteiger partial charge in [0.1, 0.15) is 0 Å². The second-order valence-corrected chi connectivity index (χ2v) is 16.5. The van der Waals surface area contributed by atoms with Crippen molar-refractivity contribution in [2.24, 2.45) is 4.95 Å². The van der Waals surface area contributed by atoms with Crippen LogP contribution in [0.2, 0.25) is 0 Å². The molecule has 19 nitrogen and oxygen atoms in total. The first-order chi connectivity index (χ1) is 24.1. The van der Waals surface area contributed by atoms with Gasteiger partial charge in [-0.25, -0.2) is 9.13 Å². The number of phosphoric acid groups is 1. The van der Waals surface area contributed by atoms with Gasteiger partial charge in [0.25, 0.3) is 11.8 Å². The third-order valence-corrected chi connectivity index (χ3v) is 10.3. The molecule has 0 aromatic heterocycles. The first-order valence-electron chi connectivity index (χ1n) is 16.2. The van der Waals surface area contributed by atoms with E-state index in [1.54, 1.807) is 20.8 Å². The van der Waals surface area contributed by atoms with Crippen LogP contribution in [0.1, 0.15) is 59.3 Å². The Bertz CT molecular complexity index is 1250. The number of ether oxygens (including phenoxy) is 3. The van der Waals surface area contributed by atoms with Crippen molar-refractivity contribution in [1.82, 2.24) is 16.0 Å². The molecule has 1 heterocycles. The highest BCUT2D eigenvalue weighted by molar-refractivity contribution is 8.08. The van der Waals surface area contributed by atoms with Gasteiger partial charge in [0.05, 0.1) is 68.3 Å². The average Bonchev–Trinajstić information content (AvgIpc) is 3.30. The molecule has 0 saturated heterocycles. The second kappa shape index (κ2) is 26.1. The van der Waals surface area contributed by atoms with Gasteiger partial charge in [0.2, 0.25) is 11.8 Å². The number of rotatable bonds is 31. The Hall–Kier alpha value is -1.74. The molecule has 294 valence electrons. The predicted molar refractivity (Wildman–Crippen MR) is 189 cm³/mol. The molecule has 1 rings (SSSR count). The maximum Gasteiger partial charge on any atom is 0.487 e. The maximum atomic E-state index is 12.3. The van der Waals surface area contributed by atoms with Crippen LogP contribution in [0, 0.1) is 4.91 Å². The van der Waals surface area contributed by atoms with Crippen molar-refractivity contribution in [2.75, 3.05) is 77.5 Å². The van der Waals surface area contributed by atoms with E-state index in [0.717, 1.165) is 29.9 Å². The third-order valence-electron chi connectivity index (χ3n) is 5.94. The molecule has 0 aromatic carbocycles. The normalized spacial score (nSPS) is 15.7. The minimum Gasteiger partial charge on any atom is -0.377 e. The van der Waals surface area contributed by atoms with Gasteiger partial charge in [-0.3, -0.25) is 38.1 Å². The number of amides is 4. The zero-order valence-corrected chi connectivity index (χ0v) is 32.5. The van der Waals surface area contributed by atoms with Crippen molar-refractivity contribution in [3.05, 3.63) is 14.7 Å². The molecule has 0 aliphatic carbocycles. The van der Waals surface area contributed by atoms with E-state index in [0.29, 0.717) is 39.0 Å². The highest BCUT2D eigenvalue weighted by Crippen LogP contribution is 2.47. The van der Waals surface area contributed by atoms with Gasteiger partial charge in [-0.2, -0.15) is 0 Å². The molecule has 23 heteroatoms. The molecule has 0 radical (unpaired) electrons. The highest BCUT2D eigenvalue weighted by Gasteiger charge is 2.31. The van der Waals surface area contributed by atoms with E-state index in [-0.39, 0.29) is 92.2 Å². The Morgan fingerprint density at radius 1 is 0.725 bits per heavy atom. The minimum absolute atomic E-state index is 0.0642. The van der Waals surface area contributed by atoms with Gasteiger partial charge in [-0.05, 0) is 33.6 Å². The standard InChI is InChI=1S/C28H50N4O15P2S2/c1-28(2,3)47-49(40,41)46-19-18-44-17-16-43-15-14-42-13-11-30-23(34)9-21-51-25-24(26(35)31-27(25)36)50-20-8-22(33)29-10-6-4-5-7-12-45-48(38,39)32-37/h4-21H2,1-3H3,(H,29,33)(H,30,34)(H,38,39)(H,40,41)(H,31,35,36). The van der Waals surface area contributed by atoms with Crippen LogP contribution in [-0.4, -0.2) is 116 Å². The molecule has 1 aliphatic rings. The monoisotopic (exact) mass is 808 g/mol. The fraction of sp³-hybridized carbons (Fsp3) is 0.786. The molecule has 0 bridgehead atoms. The number of phosphoric ester groups is 1. The van der Waals surface area contributed by atoms with Gasteiger partial charge in [-0.15, -0.1) is 28.4 Å². The number of hydrogen-bond acceptors (Lipinski definition) is 15. The summed E-state index contributed by atoms with van der Waals surface area (Å²) in [5.41, 5.74) is -0.817. The first kappa shape index (κ1) is 47.3. The number of nitrogens with one attached hydrogen (secondary N) is 3. The van der Waals surface area contributed by atoms with Crippen LogP contribution in [0.25, 0.3) is 0 Å². The van der Waals surface area contributed by atoms with Gasteiger partial charge in [0, 0.05) is 42.4 Å². The fourth-order valence-corrected chi connectivity index (χ4v) is 7.37. The molecule has 2 atom stereocenters. The van der Waals surface area contributed by atoms with Crippen molar-refractivity contribution in [2.45, 2.75) is 64.9 Å². The summed E-state index contributed by atoms with van der Waals surface area (Å²) in [5, 5.41) is 7.72. The van der Waals surface area contributed by atoms with Gasteiger partial charge < -0.3 is 34.6 Å². The van der Waals surface area contributed by atoms with E-state index in [9.17, 15) is 38.1 Å². The summed E-state index contributed by atoms with van der Waals surface area (Å²) in [6, 6.07) is 0. The lowest BCUT2D eigenvalue weighted by molar-refractivity contribution is -0.124. The minimum atomic E-state index is -4.38. The zero-order valence-electron chi connectivity index (χ0n) is 29.1. The number of carbonyl (C=O) groups excluding carboxylic acids is 4. The highest BCUT2D eigenvalue weighted by atomic mass is 32.2. The molecule has 4 amide bonds. The lowest BCUT2D eigenvalue weighted by Gasteiger charge is -2.22. The Labute approximate surface area is 305 Å². The Kier molecular flexibility index (Phi) is 24.2. The summed E-state index contributed by atoms with van der Waals surface area (Å²) in [5.74, 6) is -1.01. The number of hydrogen-bond donors (Lipinski definition) is 5. The Morgan fingerprint density at radius 3 is 1.75 bits per heavy atom. The third kappa shape index (κ3) is 25.0. The molecule has 0 spiro atoms. The zero-order chi connectivity index (χ0) is 38.2. The average molecular weight is 809 g/mol. The fourth-order valence-electron chi connectivity index (χ4n) is 3.76. The van der Waals surface area contributed by atoms with Crippen LogP contribution in [0.4, 0.5) is 0 Å². The van der Waals surface area contributed by atoms with Crippen LogP contribution in [0.3, 0.4) is 0 Å². The van der Waals surface area contributed by atoms with E-state index in [2.05, 4.69) is 20.5 Å². The van der Waals surface area contributed by atoms with Crippen LogP contribution in [0.15, 0.2) is 14.8 Å². The topological polar surface area (TPSA) is 264 Å². The maximum absolute atomic E-state index is 12.3. The van der Waals surface area contributed by atoms with Crippen LogP contribution < -0.4 is 16.0 Å². The van der Waals surface area contributed by atoms with Crippen molar-refractivity contribution < 1.29 is 65.9 Å². The number of thioether (sulfide) groups is 2. The van der Waals surface area contributed by atoms with E-state index < -0.39 is 33.0 Å². The SMILES string of the molecule is CC(C)(C)OP(=O)(O)OCCOCCOCCOCCNC(=O)CCSC1=C(SCCC(=O)NCCCCCCOP(=O)(O)N=O)C(=O)NC1=O.